The molecule has 0 aliphatic rings. The molecule has 3 rings (SSSR count). The van der Waals surface area contributed by atoms with E-state index in [0.717, 1.165) is 16.5 Å². The summed E-state index contributed by atoms with van der Waals surface area (Å²) in [6.07, 6.45) is 4.58. The average molecular weight is 541 g/mol. The van der Waals surface area contributed by atoms with Crippen LogP contribution in [0.25, 0.3) is 10.9 Å². The van der Waals surface area contributed by atoms with E-state index in [2.05, 4.69) is 27.6 Å². The highest BCUT2D eigenvalue weighted by molar-refractivity contribution is 9.10. The van der Waals surface area contributed by atoms with Gasteiger partial charge in [-0.15, -0.1) is 6.58 Å². The van der Waals surface area contributed by atoms with Crippen molar-refractivity contribution in [2.24, 2.45) is 10.8 Å². The van der Waals surface area contributed by atoms with Crippen LogP contribution in [0, 0.1) is 0 Å². The number of aromatic nitrogens is 2. The highest BCUT2D eigenvalue weighted by Crippen LogP contribution is 2.33. The quantitative estimate of drug-likeness (QED) is 0.283. The summed E-state index contributed by atoms with van der Waals surface area (Å²) in [5.74, 6) is 0.895. The van der Waals surface area contributed by atoms with Crippen LogP contribution >= 0.6 is 15.9 Å². The van der Waals surface area contributed by atoms with Crippen LogP contribution in [0.5, 0.6) is 11.5 Å². The van der Waals surface area contributed by atoms with Crippen LogP contribution in [0.3, 0.4) is 0 Å². The fourth-order valence-corrected chi connectivity index (χ4v) is 3.90. The maximum atomic E-state index is 13.4. The Labute approximate surface area is 212 Å². The molecule has 1 aromatic heterocycles. The van der Waals surface area contributed by atoms with Gasteiger partial charge in [0.1, 0.15) is 5.82 Å². The van der Waals surface area contributed by atoms with Gasteiger partial charge < -0.3 is 15.2 Å². The molecule has 8 nitrogen and oxygen atoms in total. The number of amides is 1. The number of carbonyl (C=O) groups is 1. The van der Waals surface area contributed by atoms with Gasteiger partial charge in [0, 0.05) is 16.0 Å². The zero-order chi connectivity index (χ0) is 25.5. The Morgan fingerprint density at radius 3 is 2.71 bits per heavy atom. The second-order valence-electron chi connectivity index (χ2n) is 7.99. The third-order valence-corrected chi connectivity index (χ3v) is 5.88. The zero-order valence-electron chi connectivity index (χ0n) is 20.1. The molecule has 9 heteroatoms. The Kier molecular flexibility index (Phi) is 8.81. The summed E-state index contributed by atoms with van der Waals surface area (Å²) >= 11 is 3.42. The lowest BCUT2D eigenvalue weighted by Gasteiger charge is -2.16. The minimum Gasteiger partial charge on any atom is -0.490 e. The summed E-state index contributed by atoms with van der Waals surface area (Å²) < 4.78 is 13.5. The topological polar surface area (TPSA) is 109 Å². The predicted molar refractivity (Wildman–Crippen MR) is 142 cm³/mol. The lowest BCUT2D eigenvalue weighted by atomic mass is 10.1. The number of nitrogens with zero attached hydrogens (tertiary/aromatic N) is 3. The van der Waals surface area contributed by atoms with Crippen molar-refractivity contribution < 1.29 is 14.3 Å². The fourth-order valence-electron chi connectivity index (χ4n) is 3.54. The van der Waals surface area contributed by atoms with E-state index in [1.54, 1.807) is 24.4 Å². The predicted octanol–water partition coefficient (Wildman–Crippen LogP) is 4.55. The van der Waals surface area contributed by atoms with E-state index in [4.69, 9.17) is 20.2 Å². The summed E-state index contributed by atoms with van der Waals surface area (Å²) in [6.45, 7) is 9.82. The van der Waals surface area contributed by atoms with Crippen LogP contribution < -0.4 is 20.8 Å². The van der Waals surface area contributed by atoms with E-state index in [-0.39, 0.29) is 18.1 Å². The lowest BCUT2D eigenvalue weighted by molar-refractivity contribution is -0.119. The van der Waals surface area contributed by atoms with Gasteiger partial charge in [-0.3, -0.25) is 9.59 Å². The Morgan fingerprint density at radius 1 is 1.29 bits per heavy atom. The van der Waals surface area contributed by atoms with Crippen molar-refractivity contribution in [3.63, 3.8) is 0 Å². The fraction of sp³-hybridized carbons (Fsp3) is 0.308. The third kappa shape index (κ3) is 6.16. The van der Waals surface area contributed by atoms with Gasteiger partial charge in [-0.05, 0) is 55.7 Å². The van der Waals surface area contributed by atoms with Crippen molar-refractivity contribution in [3.8, 4) is 11.5 Å². The molecule has 1 amide bonds. The number of benzene rings is 2. The van der Waals surface area contributed by atoms with E-state index in [1.807, 2.05) is 39.0 Å². The number of hydrogen-bond acceptors (Lipinski definition) is 6. The molecule has 0 spiro atoms. The number of fused-ring (bicyclic) bond motifs is 1. The van der Waals surface area contributed by atoms with Crippen molar-refractivity contribution >= 4 is 39.0 Å². The standard InChI is InChI=1S/C26H29BrN4O4/c1-5-8-18-11-17(12-22(34-7-3)24(18)35-15-23(28)32)14-29-31-25(16(4)6-2)30-21-10-9-19(27)13-20(21)26(31)33/h5,9-14,16H,1,6-8,15H2,2-4H3,(H2,28,32)/t16-/m1/s1. The number of hydrogen-bond donors (Lipinski definition) is 1. The van der Waals surface area contributed by atoms with Gasteiger partial charge in [0.05, 0.1) is 23.7 Å². The Hall–Kier alpha value is -3.46. The van der Waals surface area contributed by atoms with Crippen LogP contribution in [0.1, 0.15) is 50.1 Å². The summed E-state index contributed by atoms with van der Waals surface area (Å²) in [6, 6.07) is 9.03. The molecule has 1 atom stereocenters. The van der Waals surface area contributed by atoms with Crippen LogP contribution in [0.15, 0.2) is 57.4 Å². The van der Waals surface area contributed by atoms with E-state index in [9.17, 15) is 9.59 Å². The Morgan fingerprint density at radius 2 is 2.06 bits per heavy atom. The van der Waals surface area contributed by atoms with Crippen molar-refractivity contribution in [2.75, 3.05) is 13.2 Å². The molecule has 0 saturated heterocycles. The minimum absolute atomic E-state index is 0.0211. The highest BCUT2D eigenvalue weighted by Gasteiger charge is 2.17. The van der Waals surface area contributed by atoms with Gasteiger partial charge in [-0.2, -0.15) is 9.78 Å². The van der Waals surface area contributed by atoms with Gasteiger partial charge in [0.25, 0.3) is 11.5 Å². The lowest BCUT2D eigenvalue weighted by Crippen LogP contribution is -2.23. The van der Waals surface area contributed by atoms with Crippen molar-refractivity contribution in [3.05, 3.63) is 74.8 Å². The number of rotatable bonds is 11. The number of ether oxygens (including phenoxy) is 2. The monoisotopic (exact) mass is 540 g/mol. The van der Waals surface area contributed by atoms with Crippen molar-refractivity contribution in [1.29, 1.82) is 0 Å². The molecule has 1 heterocycles. The molecule has 35 heavy (non-hydrogen) atoms. The van der Waals surface area contributed by atoms with Gasteiger partial charge in [-0.1, -0.05) is 35.9 Å². The number of primary amides is 1. The first-order chi connectivity index (χ1) is 16.8. The number of carbonyl (C=O) groups excluding carboxylic acids is 1. The number of allylic oxidation sites excluding steroid dienone is 1. The highest BCUT2D eigenvalue weighted by atomic mass is 79.9. The maximum Gasteiger partial charge on any atom is 0.282 e. The maximum absolute atomic E-state index is 13.4. The smallest absolute Gasteiger partial charge is 0.282 e. The molecule has 2 N–H and O–H groups in total. The van der Waals surface area contributed by atoms with E-state index in [0.29, 0.717) is 46.8 Å². The van der Waals surface area contributed by atoms with Gasteiger partial charge in [-0.25, -0.2) is 4.98 Å². The Bertz CT molecular complexity index is 1330. The molecule has 0 fully saturated rings. The van der Waals surface area contributed by atoms with E-state index >= 15 is 0 Å². The molecule has 0 aliphatic carbocycles. The van der Waals surface area contributed by atoms with Crippen LogP contribution in [0.2, 0.25) is 0 Å². The summed E-state index contributed by atoms with van der Waals surface area (Å²) in [7, 11) is 0. The number of halogens is 1. The summed E-state index contributed by atoms with van der Waals surface area (Å²) in [4.78, 5) is 29.4. The van der Waals surface area contributed by atoms with Crippen LogP contribution in [-0.4, -0.2) is 35.0 Å². The average Bonchev–Trinajstić information content (AvgIpc) is 2.83. The molecule has 0 saturated carbocycles. The second-order valence-corrected chi connectivity index (χ2v) is 8.91. The molecule has 0 radical (unpaired) electrons. The first-order valence-corrected chi connectivity index (χ1v) is 12.2. The molecule has 0 unspecified atom stereocenters. The largest absolute Gasteiger partial charge is 0.490 e. The molecule has 0 aliphatic heterocycles. The number of nitrogens with two attached hydrogens (primary N) is 1. The summed E-state index contributed by atoms with van der Waals surface area (Å²) in [5, 5.41) is 5.01. The van der Waals surface area contributed by atoms with E-state index in [1.165, 1.54) is 4.68 Å². The van der Waals surface area contributed by atoms with Crippen molar-refractivity contribution in [2.45, 2.75) is 39.5 Å². The first kappa shape index (κ1) is 26.2. The molecule has 0 bridgehead atoms. The van der Waals surface area contributed by atoms with Gasteiger partial charge in [0.2, 0.25) is 0 Å². The molecule has 184 valence electrons. The third-order valence-electron chi connectivity index (χ3n) is 5.39. The summed E-state index contributed by atoms with van der Waals surface area (Å²) in [5.41, 5.74) is 7.08. The van der Waals surface area contributed by atoms with Crippen LogP contribution in [-0.2, 0) is 11.2 Å². The van der Waals surface area contributed by atoms with Gasteiger partial charge in [0.15, 0.2) is 18.1 Å². The normalized spacial score (nSPS) is 12.1. The van der Waals surface area contributed by atoms with E-state index < -0.39 is 5.91 Å². The molecule has 3 aromatic rings. The molecular formula is C26H29BrN4O4. The molecular weight excluding hydrogens is 512 g/mol. The molecule has 2 aromatic carbocycles. The Balaban J connectivity index is 2.15. The zero-order valence-corrected chi connectivity index (χ0v) is 21.7. The minimum atomic E-state index is -0.588. The SMILES string of the molecule is C=CCc1cc(C=Nn2c([C@H](C)CC)nc3ccc(Br)cc3c2=O)cc(OCC)c1OCC(N)=O. The first-order valence-electron chi connectivity index (χ1n) is 11.4. The van der Waals surface area contributed by atoms with Gasteiger partial charge >= 0.3 is 0 Å². The van der Waals surface area contributed by atoms with Crippen LogP contribution in [0.4, 0.5) is 0 Å². The van der Waals surface area contributed by atoms with Crippen molar-refractivity contribution in [1.82, 2.24) is 9.66 Å². The second kappa shape index (κ2) is 11.8.